The van der Waals surface area contributed by atoms with Crippen molar-refractivity contribution in [1.29, 1.82) is 0 Å². The third-order valence-corrected chi connectivity index (χ3v) is 3.66. The molecule has 1 aromatic carbocycles. The number of tetrazole rings is 1. The molecular formula is C15H15N9O3. The van der Waals surface area contributed by atoms with Crippen LogP contribution in [0.1, 0.15) is 18.2 Å². The monoisotopic (exact) mass is 369 g/mol. The molecule has 138 valence electrons. The predicted octanol–water partition coefficient (Wildman–Crippen LogP) is 0.616. The molecule has 0 fully saturated rings. The maximum Gasteiger partial charge on any atom is 0.390 e. The molecule has 3 rings (SSSR count). The standard InChI is InChI=1S/C15H15N9O3/c1-10-7-14(24(26)27)20-22(10)8-15(25)19-18-11(2)12-3-5-13(6-4-12)23-17-9-16-21-23/h3-7,9H,8H2,1-2H3,(H,19,25). The van der Waals surface area contributed by atoms with Gasteiger partial charge in [-0.3, -0.25) is 4.79 Å². The van der Waals surface area contributed by atoms with Crippen molar-refractivity contribution in [2.45, 2.75) is 20.4 Å². The molecule has 0 aliphatic heterocycles. The van der Waals surface area contributed by atoms with Crippen LogP contribution < -0.4 is 5.43 Å². The maximum atomic E-state index is 12.0. The van der Waals surface area contributed by atoms with E-state index in [1.54, 1.807) is 26.0 Å². The van der Waals surface area contributed by atoms with Gasteiger partial charge in [0, 0.05) is 0 Å². The van der Waals surface area contributed by atoms with Gasteiger partial charge in [0.2, 0.25) is 0 Å². The van der Waals surface area contributed by atoms with Crippen LogP contribution in [0.25, 0.3) is 5.69 Å². The van der Waals surface area contributed by atoms with Gasteiger partial charge in [-0.2, -0.15) is 9.78 Å². The molecular weight excluding hydrogens is 354 g/mol. The van der Waals surface area contributed by atoms with Gasteiger partial charge < -0.3 is 10.1 Å². The first kappa shape index (κ1) is 17.8. The molecule has 0 bridgehead atoms. The van der Waals surface area contributed by atoms with E-state index in [9.17, 15) is 14.9 Å². The molecule has 0 saturated carbocycles. The molecule has 0 atom stereocenters. The van der Waals surface area contributed by atoms with E-state index in [1.165, 1.54) is 21.9 Å². The number of carbonyl (C=O) groups is 1. The van der Waals surface area contributed by atoms with Gasteiger partial charge in [0.25, 0.3) is 5.91 Å². The molecule has 0 spiro atoms. The zero-order chi connectivity index (χ0) is 19.4. The number of amides is 1. The molecule has 2 aromatic heterocycles. The van der Waals surface area contributed by atoms with Gasteiger partial charge in [0.15, 0.2) is 6.33 Å². The fourth-order valence-electron chi connectivity index (χ4n) is 2.25. The summed E-state index contributed by atoms with van der Waals surface area (Å²) in [7, 11) is 0. The second-order valence-electron chi connectivity index (χ2n) is 5.56. The predicted molar refractivity (Wildman–Crippen MR) is 93.1 cm³/mol. The summed E-state index contributed by atoms with van der Waals surface area (Å²) in [5.74, 6) is -0.749. The average Bonchev–Trinajstić information content (AvgIpc) is 3.30. The van der Waals surface area contributed by atoms with Crippen molar-refractivity contribution in [3.8, 4) is 5.69 Å². The van der Waals surface area contributed by atoms with Crippen LogP contribution in [-0.2, 0) is 11.3 Å². The van der Waals surface area contributed by atoms with Gasteiger partial charge >= 0.3 is 5.82 Å². The van der Waals surface area contributed by atoms with Crippen molar-refractivity contribution in [1.82, 2.24) is 35.4 Å². The third kappa shape index (κ3) is 4.18. The van der Waals surface area contributed by atoms with E-state index in [-0.39, 0.29) is 12.4 Å². The Bertz CT molecular complexity index is 990. The number of aryl methyl sites for hydroxylation is 1. The Morgan fingerprint density at radius 1 is 1.33 bits per heavy atom. The van der Waals surface area contributed by atoms with Crippen LogP contribution in [-0.4, -0.2) is 46.5 Å². The molecule has 0 saturated heterocycles. The first-order valence-corrected chi connectivity index (χ1v) is 7.80. The van der Waals surface area contributed by atoms with Crippen molar-refractivity contribution in [3.63, 3.8) is 0 Å². The van der Waals surface area contributed by atoms with E-state index in [4.69, 9.17) is 0 Å². The number of nitrogens with one attached hydrogen (secondary N) is 1. The van der Waals surface area contributed by atoms with Crippen LogP contribution in [0.15, 0.2) is 41.8 Å². The van der Waals surface area contributed by atoms with Crippen LogP contribution in [0.3, 0.4) is 0 Å². The second kappa shape index (κ2) is 7.51. The van der Waals surface area contributed by atoms with E-state index >= 15 is 0 Å². The number of rotatable bonds is 6. The van der Waals surface area contributed by atoms with Crippen LogP contribution >= 0.6 is 0 Å². The van der Waals surface area contributed by atoms with Crippen molar-refractivity contribution in [3.05, 3.63) is 58.0 Å². The van der Waals surface area contributed by atoms with Crippen LogP contribution in [0, 0.1) is 17.0 Å². The molecule has 0 aliphatic carbocycles. The van der Waals surface area contributed by atoms with E-state index < -0.39 is 10.8 Å². The summed E-state index contributed by atoms with van der Waals surface area (Å²) < 4.78 is 1.25. The lowest BCUT2D eigenvalue weighted by molar-refractivity contribution is -0.389. The zero-order valence-electron chi connectivity index (χ0n) is 14.5. The first-order chi connectivity index (χ1) is 12.9. The quantitative estimate of drug-likeness (QED) is 0.380. The number of carbonyl (C=O) groups excluding carboxylic acids is 1. The van der Waals surface area contributed by atoms with Crippen LogP contribution in [0.5, 0.6) is 0 Å². The first-order valence-electron chi connectivity index (χ1n) is 7.80. The lowest BCUT2D eigenvalue weighted by Crippen LogP contribution is -2.25. The lowest BCUT2D eigenvalue weighted by atomic mass is 10.1. The highest BCUT2D eigenvalue weighted by molar-refractivity contribution is 5.99. The Hall–Kier alpha value is -3.96. The Morgan fingerprint density at radius 3 is 2.67 bits per heavy atom. The number of hydrazone groups is 1. The van der Waals surface area contributed by atoms with E-state index in [2.05, 4.69) is 31.0 Å². The van der Waals surface area contributed by atoms with Gasteiger partial charge in [-0.1, -0.05) is 12.1 Å². The van der Waals surface area contributed by atoms with Gasteiger partial charge in [0.05, 0.1) is 28.3 Å². The molecule has 0 unspecified atom stereocenters. The summed E-state index contributed by atoms with van der Waals surface area (Å²) in [5, 5.41) is 29.9. The van der Waals surface area contributed by atoms with Gasteiger partial charge in [-0.05, 0) is 41.7 Å². The minimum absolute atomic E-state index is 0.173. The minimum Gasteiger partial charge on any atom is -0.358 e. The van der Waals surface area contributed by atoms with Crippen molar-refractivity contribution in [2.24, 2.45) is 5.10 Å². The Labute approximate surface area is 152 Å². The number of nitrogens with zero attached hydrogens (tertiary/aromatic N) is 8. The Kier molecular flexibility index (Phi) is 4.97. The second-order valence-corrected chi connectivity index (χ2v) is 5.56. The highest BCUT2D eigenvalue weighted by atomic mass is 16.6. The van der Waals surface area contributed by atoms with Crippen molar-refractivity contribution < 1.29 is 9.72 Å². The topological polar surface area (TPSA) is 146 Å². The highest BCUT2D eigenvalue weighted by Gasteiger charge is 2.17. The summed E-state index contributed by atoms with van der Waals surface area (Å²) in [6, 6.07) is 8.51. The summed E-state index contributed by atoms with van der Waals surface area (Å²) in [6.07, 6.45) is 1.34. The summed E-state index contributed by atoms with van der Waals surface area (Å²) in [5.41, 5.74) is 5.05. The summed E-state index contributed by atoms with van der Waals surface area (Å²) in [6.45, 7) is 3.20. The van der Waals surface area contributed by atoms with E-state index in [1.807, 2.05) is 12.1 Å². The third-order valence-electron chi connectivity index (χ3n) is 3.66. The molecule has 12 heteroatoms. The zero-order valence-corrected chi connectivity index (χ0v) is 14.5. The lowest BCUT2D eigenvalue weighted by Gasteiger charge is -2.04. The maximum absolute atomic E-state index is 12.0. The molecule has 2 heterocycles. The number of benzene rings is 1. The summed E-state index contributed by atoms with van der Waals surface area (Å²) in [4.78, 5) is 23.5. The number of aromatic nitrogens is 6. The number of nitro groups is 1. The smallest absolute Gasteiger partial charge is 0.358 e. The normalized spacial score (nSPS) is 11.4. The largest absolute Gasteiger partial charge is 0.390 e. The average molecular weight is 369 g/mol. The van der Waals surface area contributed by atoms with Gasteiger partial charge in [-0.15, -0.1) is 15.0 Å². The van der Waals surface area contributed by atoms with Crippen LogP contribution in [0.4, 0.5) is 5.82 Å². The fraction of sp³-hybridized carbons (Fsp3) is 0.200. The molecule has 1 amide bonds. The van der Waals surface area contributed by atoms with E-state index in [0.29, 0.717) is 11.4 Å². The molecule has 0 radical (unpaired) electrons. The number of hydrogen-bond acceptors (Lipinski definition) is 8. The van der Waals surface area contributed by atoms with Crippen molar-refractivity contribution >= 4 is 17.4 Å². The van der Waals surface area contributed by atoms with Gasteiger partial charge in [0.1, 0.15) is 6.54 Å². The fourth-order valence-corrected chi connectivity index (χ4v) is 2.25. The molecule has 3 aromatic rings. The molecule has 27 heavy (non-hydrogen) atoms. The molecule has 0 aliphatic rings. The molecule has 12 nitrogen and oxygen atoms in total. The van der Waals surface area contributed by atoms with Gasteiger partial charge in [-0.25, -0.2) is 5.43 Å². The number of hydrogen-bond donors (Lipinski definition) is 1. The van der Waals surface area contributed by atoms with Crippen LogP contribution in [0.2, 0.25) is 0 Å². The highest BCUT2D eigenvalue weighted by Crippen LogP contribution is 2.11. The van der Waals surface area contributed by atoms with Crippen molar-refractivity contribution in [2.75, 3.05) is 0 Å². The van der Waals surface area contributed by atoms with E-state index in [0.717, 1.165) is 11.3 Å². The Morgan fingerprint density at radius 2 is 2.07 bits per heavy atom. The SMILES string of the molecule is CC(=NNC(=O)Cn1nc([N+](=O)[O-])cc1C)c1ccc(-n2ncnn2)cc1. The Balaban J connectivity index is 1.63. The minimum atomic E-state index is -0.609. The summed E-state index contributed by atoms with van der Waals surface area (Å²) >= 11 is 0. The molecule has 1 N–H and O–H groups in total.